The summed E-state index contributed by atoms with van der Waals surface area (Å²) in [4.78, 5) is 12.5. The number of hydrogen-bond donors (Lipinski definition) is 1. The molecular weight excluding hydrogens is 312 g/mol. The first-order valence-corrected chi connectivity index (χ1v) is 9.88. The third kappa shape index (κ3) is 4.54. The summed E-state index contributed by atoms with van der Waals surface area (Å²) >= 11 is 0. The molecule has 1 saturated heterocycles. The van der Waals surface area contributed by atoms with Gasteiger partial charge < -0.3 is 5.32 Å². The summed E-state index contributed by atoms with van der Waals surface area (Å²) in [6.45, 7) is 3.75. The smallest absolute Gasteiger partial charge is 0.252 e. The van der Waals surface area contributed by atoms with Crippen molar-refractivity contribution >= 4 is 15.9 Å². The van der Waals surface area contributed by atoms with E-state index in [0.717, 1.165) is 38.5 Å². The fraction of sp³-hybridized carbons (Fsp3) is 0.588. The van der Waals surface area contributed by atoms with Gasteiger partial charge in [-0.05, 0) is 31.4 Å². The number of sulfonamides is 1. The van der Waals surface area contributed by atoms with E-state index in [1.807, 2.05) is 0 Å². The molecule has 2 rings (SSSR count). The Hall–Kier alpha value is -1.40. The Labute approximate surface area is 139 Å². The van der Waals surface area contributed by atoms with Crippen LogP contribution in [0.15, 0.2) is 29.2 Å². The van der Waals surface area contributed by atoms with Crippen molar-refractivity contribution in [3.8, 4) is 0 Å². The van der Waals surface area contributed by atoms with E-state index in [-0.39, 0.29) is 16.4 Å². The molecule has 6 heteroatoms. The highest BCUT2D eigenvalue weighted by molar-refractivity contribution is 7.89. The van der Waals surface area contributed by atoms with Gasteiger partial charge in [0.15, 0.2) is 0 Å². The number of unbranched alkanes of at least 4 members (excludes halogenated alkanes) is 2. The molecule has 1 heterocycles. The number of nitrogens with one attached hydrogen (secondary N) is 1. The number of rotatable bonds is 7. The zero-order valence-corrected chi connectivity index (χ0v) is 14.6. The fourth-order valence-electron chi connectivity index (χ4n) is 2.80. The van der Waals surface area contributed by atoms with Gasteiger partial charge in [-0.2, -0.15) is 4.31 Å². The third-order valence-corrected chi connectivity index (χ3v) is 6.09. The molecule has 1 aliphatic heterocycles. The van der Waals surface area contributed by atoms with Crippen LogP contribution in [0.5, 0.6) is 0 Å². The molecule has 1 fully saturated rings. The van der Waals surface area contributed by atoms with Crippen LogP contribution < -0.4 is 5.32 Å². The largest absolute Gasteiger partial charge is 0.352 e. The molecule has 0 aliphatic carbocycles. The predicted octanol–water partition coefficient (Wildman–Crippen LogP) is 2.78. The van der Waals surface area contributed by atoms with Crippen LogP contribution in [0.3, 0.4) is 0 Å². The van der Waals surface area contributed by atoms with Crippen molar-refractivity contribution in [2.75, 3.05) is 19.6 Å². The van der Waals surface area contributed by atoms with E-state index < -0.39 is 10.0 Å². The fourth-order valence-corrected chi connectivity index (χ4v) is 4.50. The average Bonchev–Trinajstić information content (AvgIpc) is 2.59. The molecule has 0 spiro atoms. The van der Waals surface area contributed by atoms with Crippen LogP contribution in [0.25, 0.3) is 0 Å². The van der Waals surface area contributed by atoms with Gasteiger partial charge in [-0.3, -0.25) is 4.79 Å². The molecule has 128 valence electrons. The number of carbonyl (C=O) groups is 1. The van der Waals surface area contributed by atoms with Gasteiger partial charge >= 0.3 is 0 Å². The standard InChI is InChI=1S/C17H26N2O3S/c1-2-3-7-12-18-17(20)15-10-5-6-11-16(15)23(21,22)19-13-8-4-9-14-19/h5-6,10-11H,2-4,7-9,12-14H2,1H3,(H,18,20). The van der Waals surface area contributed by atoms with Gasteiger partial charge in [-0.15, -0.1) is 0 Å². The monoisotopic (exact) mass is 338 g/mol. The summed E-state index contributed by atoms with van der Waals surface area (Å²) in [5.41, 5.74) is 0.245. The molecule has 0 unspecified atom stereocenters. The highest BCUT2D eigenvalue weighted by Gasteiger charge is 2.29. The van der Waals surface area contributed by atoms with Crippen LogP contribution in [0.4, 0.5) is 0 Å². The highest BCUT2D eigenvalue weighted by atomic mass is 32.2. The quantitative estimate of drug-likeness (QED) is 0.778. The summed E-state index contributed by atoms with van der Waals surface area (Å²) in [6.07, 6.45) is 5.86. The average molecular weight is 338 g/mol. The topological polar surface area (TPSA) is 66.5 Å². The van der Waals surface area contributed by atoms with Gasteiger partial charge in [0.05, 0.1) is 10.5 Å². The highest BCUT2D eigenvalue weighted by Crippen LogP contribution is 2.23. The second-order valence-electron chi connectivity index (χ2n) is 5.92. The van der Waals surface area contributed by atoms with Crippen molar-refractivity contribution in [3.63, 3.8) is 0 Å². The molecule has 0 atom stereocenters. The SMILES string of the molecule is CCCCCNC(=O)c1ccccc1S(=O)(=O)N1CCCCC1. The van der Waals surface area contributed by atoms with Crippen molar-refractivity contribution in [2.24, 2.45) is 0 Å². The lowest BCUT2D eigenvalue weighted by Crippen LogP contribution is -2.37. The molecule has 1 N–H and O–H groups in total. The van der Waals surface area contributed by atoms with Crippen molar-refractivity contribution in [2.45, 2.75) is 50.3 Å². The molecule has 1 amide bonds. The Bertz CT molecular complexity index is 622. The van der Waals surface area contributed by atoms with E-state index in [0.29, 0.717) is 19.6 Å². The summed E-state index contributed by atoms with van der Waals surface area (Å²) in [6, 6.07) is 6.50. The van der Waals surface area contributed by atoms with Crippen LogP contribution >= 0.6 is 0 Å². The number of hydrogen-bond acceptors (Lipinski definition) is 3. The zero-order valence-electron chi connectivity index (χ0n) is 13.8. The molecule has 0 aromatic heterocycles. The van der Waals surface area contributed by atoms with Crippen LogP contribution in [-0.4, -0.2) is 38.3 Å². The number of amides is 1. The maximum Gasteiger partial charge on any atom is 0.252 e. The van der Waals surface area contributed by atoms with E-state index in [1.54, 1.807) is 18.2 Å². The van der Waals surface area contributed by atoms with Crippen LogP contribution in [-0.2, 0) is 10.0 Å². The first kappa shape index (κ1) is 17.9. The summed E-state index contributed by atoms with van der Waals surface area (Å²) in [5.74, 6) is -0.308. The molecule has 1 aromatic carbocycles. The van der Waals surface area contributed by atoms with Gasteiger partial charge in [-0.25, -0.2) is 8.42 Å². The first-order valence-electron chi connectivity index (χ1n) is 8.44. The molecule has 5 nitrogen and oxygen atoms in total. The number of carbonyl (C=O) groups excluding carboxylic acids is 1. The van der Waals surface area contributed by atoms with Crippen LogP contribution in [0.2, 0.25) is 0 Å². The minimum absolute atomic E-state index is 0.120. The third-order valence-electron chi connectivity index (χ3n) is 4.13. The van der Waals surface area contributed by atoms with Gasteiger partial charge in [0.25, 0.3) is 5.91 Å². The van der Waals surface area contributed by atoms with Gasteiger partial charge in [0, 0.05) is 19.6 Å². The summed E-state index contributed by atoms with van der Waals surface area (Å²) < 4.78 is 27.2. The predicted molar refractivity (Wildman–Crippen MR) is 90.9 cm³/mol. The molecule has 0 saturated carbocycles. The number of piperidine rings is 1. The molecule has 23 heavy (non-hydrogen) atoms. The maximum absolute atomic E-state index is 12.8. The van der Waals surface area contributed by atoms with E-state index in [9.17, 15) is 13.2 Å². The van der Waals surface area contributed by atoms with Crippen molar-refractivity contribution in [1.29, 1.82) is 0 Å². The van der Waals surface area contributed by atoms with Crippen LogP contribution in [0.1, 0.15) is 55.8 Å². The molecule has 1 aliphatic rings. The van der Waals surface area contributed by atoms with Crippen molar-refractivity contribution in [3.05, 3.63) is 29.8 Å². The maximum atomic E-state index is 12.8. The summed E-state index contributed by atoms with van der Waals surface area (Å²) in [7, 11) is -3.60. The van der Waals surface area contributed by atoms with Crippen molar-refractivity contribution < 1.29 is 13.2 Å². The van der Waals surface area contributed by atoms with E-state index in [4.69, 9.17) is 0 Å². The molecular formula is C17H26N2O3S. The van der Waals surface area contributed by atoms with Gasteiger partial charge in [-0.1, -0.05) is 38.3 Å². The second-order valence-corrected chi connectivity index (χ2v) is 7.83. The summed E-state index contributed by atoms with van der Waals surface area (Å²) in [5, 5.41) is 2.83. The van der Waals surface area contributed by atoms with Crippen LogP contribution in [0, 0.1) is 0 Å². The first-order chi connectivity index (χ1) is 11.1. The Morgan fingerprint density at radius 3 is 2.52 bits per heavy atom. The molecule has 0 bridgehead atoms. The lowest BCUT2D eigenvalue weighted by Gasteiger charge is -2.26. The number of nitrogens with zero attached hydrogens (tertiary/aromatic N) is 1. The Morgan fingerprint density at radius 1 is 1.13 bits per heavy atom. The van der Waals surface area contributed by atoms with E-state index in [2.05, 4.69) is 12.2 Å². The Kier molecular flexibility index (Phi) is 6.59. The molecule has 1 aromatic rings. The lowest BCUT2D eigenvalue weighted by atomic mass is 10.2. The van der Waals surface area contributed by atoms with E-state index >= 15 is 0 Å². The minimum Gasteiger partial charge on any atom is -0.352 e. The van der Waals surface area contributed by atoms with Gasteiger partial charge in [0.2, 0.25) is 10.0 Å². The van der Waals surface area contributed by atoms with E-state index in [1.165, 1.54) is 10.4 Å². The zero-order chi connectivity index (χ0) is 16.7. The van der Waals surface area contributed by atoms with Gasteiger partial charge in [0.1, 0.15) is 0 Å². The normalized spacial score (nSPS) is 16.2. The van der Waals surface area contributed by atoms with Crippen molar-refractivity contribution in [1.82, 2.24) is 9.62 Å². The molecule has 0 radical (unpaired) electrons. The second kappa shape index (κ2) is 8.45. The minimum atomic E-state index is -3.60. The Balaban J connectivity index is 2.17. The Morgan fingerprint density at radius 2 is 1.83 bits per heavy atom. The lowest BCUT2D eigenvalue weighted by molar-refractivity contribution is 0.0949. The number of benzene rings is 1.